The fraction of sp³-hybridized carbons (Fsp3) is 0.364. The molecule has 1 aromatic heterocycles. The molecule has 2 aromatic rings. The zero-order valence-electron chi connectivity index (χ0n) is 17.2. The molecule has 0 aliphatic carbocycles. The Balaban J connectivity index is 1.32. The summed E-state index contributed by atoms with van der Waals surface area (Å²) < 4.78 is 14.7. The van der Waals surface area contributed by atoms with Gasteiger partial charge in [0.1, 0.15) is 5.82 Å². The van der Waals surface area contributed by atoms with Crippen molar-refractivity contribution in [3.05, 3.63) is 53.5 Å². The number of hydrogen-bond acceptors (Lipinski definition) is 6. The third kappa shape index (κ3) is 4.72. The number of amides is 3. The van der Waals surface area contributed by atoms with Crippen LogP contribution in [-0.2, 0) is 21.0 Å². The van der Waals surface area contributed by atoms with Crippen LogP contribution in [-0.4, -0.2) is 63.9 Å². The van der Waals surface area contributed by atoms with Crippen LogP contribution in [0.5, 0.6) is 0 Å². The van der Waals surface area contributed by atoms with Crippen molar-refractivity contribution in [1.82, 2.24) is 19.8 Å². The Kier molecular flexibility index (Phi) is 5.94. The lowest BCUT2D eigenvalue weighted by molar-refractivity contribution is -0.174. The minimum Gasteiger partial charge on any atom is -0.311 e. The molecule has 0 spiro atoms. The second kappa shape index (κ2) is 8.81. The molecule has 4 rings (SSSR count). The highest BCUT2D eigenvalue weighted by Gasteiger charge is 2.34. The molecule has 2 fully saturated rings. The quantitative estimate of drug-likeness (QED) is 0.699. The smallest absolute Gasteiger partial charge is 0.311 e. The number of piperazine rings is 1. The molecular formula is C22H23FN4O4. The first-order chi connectivity index (χ1) is 14.9. The summed E-state index contributed by atoms with van der Waals surface area (Å²) in [5.41, 5.74) is 2.90. The predicted octanol–water partition coefficient (Wildman–Crippen LogP) is 2.51. The van der Waals surface area contributed by atoms with Crippen LogP contribution in [0.4, 0.5) is 9.18 Å². The molecule has 8 nitrogen and oxygen atoms in total. The van der Waals surface area contributed by atoms with E-state index in [1.54, 1.807) is 6.07 Å². The highest BCUT2D eigenvalue weighted by atomic mass is 19.1. The number of halogens is 1. The molecule has 1 aromatic carbocycles. The number of hydrogen-bond donors (Lipinski definition) is 0. The van der Waals surface area contributed by atoms with Crippen molar-refractivity contribution in [2.75, 3.05) is 26.2 Å². The molecular weight excluding hydrogens is 403 g/mol. The molecule has 0 N–H and O–H groups in total. The molecule has 0 atom stereocenters. The maximum absolute atomic E-state index is 14.7. The van der Waals surface area contributed by atoms with Crippen LogP contribution in [0, 0.1) is 12.7 Å². The fourth-order valence-corrected chi connectivity index (χ4v) is 3.66. The molecule has 0 bridgehead atoms. The molecule has 0 unspecified atom stereocenters. The van der Waals surface area contributed by atoms with Gasteiger partial charge in [0.05, 0.1) is 5.69 Å². The van der Waals surface area contributed by atoms with Crippen LogP contribution in [0.25, 0.3) is 11.3 Å². The summed E-state index contributed by atoms with van der Waals surface area (Å²) in [5.74, 6) is -1.30. The van der Waals surface area contributed by atoms with E-state index in [-0.39, 0.29) is 18.7 Å². The van der Waals surface area contributed by atoms with Gasteiger partial charge in [0.2, 0.25) is 0 Å². The fourth-order valence-electron chi connectivity index (χ4n) is 3.66. The van der Waals surface area contributed by atoms with Gasteiger partial charge in [-0.15, -0.1) is 5.06 Å². The van der Waals surface area contributed by atoms with Gasteiger partial charge in [-0.3, -0.25) is 19.5 Å². The molecule has 9 heteroatoms. The van der Waals surface area contributed by atoms with Crippen LogP contribution in [0.15, 0.2) is 36.4 Å². The Morgan fingerprint density at radius 3 is 2.42 bits per heavy atom. The van der Waals surface area contributed by atoms with Gasteiger partial charge in [0.25, 0.3) is 11.8 Å². The molecule has 0 radical (unpaired) electrons. The Morgan fingerprint density at radius 2 is 1.77 bits per heavy atom. The average molecular weight is 426 g/mol. The lowest BCUT2D eigenvalue weighted by atomic mass is 10.1. The number of imide groups is 1. The lowest BCUT2D eigenvalue weighted by Gasteiger charge is -2.34. The largest absolute Gasteiger partial charge is 0.434 e. The van der Waals surface area contributed by atoms with Gasteiger partial charge in [0.15, 0.2) is 0 Å². The SMILES string of the molecule is Cc1cccc(-c2ccc(CN3CCN(C(=O)ON4C(=O)CCC4=O)CC3)c(F)c2)n1. The van der Waals surface area contributed by atoms with Crippen molar-refractivity contribution >= 4 is 17.9 Å². The molecule has 2 aliphatic rings. The number of nitrogens with zero attached hydrogens (tertiary/aromatic N) is 4. The normalized spacial score (nSPS) is 17.4. The molecule has 2 aliphatic heterocycles. The Morgan fingerprint density at radius 1 is 1.06 bits per heavy atom. The number of pyridine rings is 1. The summed E-state index contributed by atoms with van der Waals surface area (Å²) in [6.07, 6.45) is -0.599. The Bertz CT molecular complexity index is 1000. The second-order valence-electron chi connectivity index (χ2n) is 7.67. The number of aryl methyl sites for hydroxylation is 1. The van der Waals surface area contributed by atoms with Crippen molar-refractivity contribution < 1.29 is 23.6 Å². The molecule has 2 saturated heterocycles. The first-order valence-corrected chi connectivity index (χ1v) is 10.2. The van der Waals surface area contributed by atoms with E-state index in [4.69, 9.17) is 4.84 Å². The van der Waals surface area contributed by atoms with Crippen molar-refractivity contribution in [2.45, 2.75) is 26.3 Å². The van der Waals surface area contributed by atoms with E-state index in [0.717, 1.165) is 17.0 Å². The van der Waals surface area contributed by atoms with Crippen molar-refractivity contribution in [3.63, 3.8) is 0 Å². The predicted molar refractivity (Wildman–Crippen MR) is 109 cm³/mol. The molecule has 3 amide bonds. The van der Waals surface area contributed by atoms with Crippen LogP contribution in [0.1, 0.15) is 24.1 Å². The van der Waals surface area contributed by atoms with Gasteiger partial charge in [-0.25, -0.2) is 9.18 Å². The Labute approximate surface area is 179 Å². The number of hydroxylamine groups is 2. The second-order valence-corrected chi connectivity index (χ2v) is 7.67. The van der Waals surface area contributed by atoms with Crippen molar-refractivity contribution in [2.24, 2.45) is 0 Å². The van der Waals surface area contributed by atoms with E-state index in [9.17, 15) is 18.8 Å². The summed E-state index contributed by atoms with van der Waals surface area (Å²) in [5, 5.41) is 0.550. The van der Waals surface area contributed by atoms with E-state index in [1.807, 2.05) is 36.1 Å². The topological polar surface area (TPSA) is 83.0 Å². The van der Waals surface area contributed by atoms with Gasteiger partial charge in [-0.2, -0.15) is 0 Å². The molecule has 31 heavy (non-hydrogen) atoms. The van der Waals surface area contributed by atoms with Crippen molar-refractivity contribution in [1.29, 1.82) is 0 Å². The number of carbonyl (C=O) groups excluding carboxylic acids is 3. The van der Waals surface area contributed by atoms with E-state index in [2.05, 4.69) is 4.98 Å². The van der Waals surface area contributed by atoms with Crippen molar-refractivity contribution in [3.8, 4) is 11.3 Å². The zero-order valence-corrected chi connectivity index (χ0v) is 17.2. The first kappa shape index (κ1) is 20.9. The summed E-state index contributed by atoms with van der Waals surface area (Å²) >= 11 is 0. The first-order valence-electron chi connectivity index (χ1n) is 10.2. The van der Waals surface area contributed by atoms with Crippen LogP contribution >= 0.6 is 0 Å². The summed E-state index contributed by atoms with van der Waals surface area (Å²) in [6, 6.07) is 10.8. The zero-order chi connectivity index (χ0) is 22.0. The number of carbonyl (C=O) groups is 3. The highest BCUT2D eigenvalue weighted by Crippen LogP contribution is 2.22. The van der Waals surface area contributed by atoms with Crippen LogP contribution < -0.4 is 0 Å². The number of rotatable bonds is 4. The van der Waals surface area contributed by atoms with Gasteiger partial charge in [0, 0.05) is 62.4 Å². The average Bonchev–Trinajstić information content (AvgIpc) is 3.07. The third-order valence-corrected chi connectivity index (χ3v) is 5.44. The minimum absolute atomic E-state index is 0.0597. The summed E-state index contributed by atoms with van der Waals surface area (Å²) in [7, 11) is 0. The molecule has 3 heterocycles. The molecule has 0 saturated carbocycles. The van der Waals surface area contributed by atoms with Crippen LogP contribution in [0.3, 0.4) is 0 Å². The Hall–Kier alpha value is -3.33. The van der Waals surface area contributed by atoms with E-state index < -0.39 is 17.9 Å². The monoisotopic (exact) mass is 426 g/mol. The molecule has 162 valence electrons. The lowest BCUT2D eigenvalue weighted by Crippen LogP contribution is -2.50. The highest BCUT2D eigenvalue weighted by molar-refractivity contribution is 6.01. The van der Waals surface area contributed by atoms with E-state index >= 15 is 0 Å². The minimum atomic E-state index is -0.718. The number of benzene rings is 1. The van der Waals surface area contributed by atoms with Gasteiger partial charge in [-0.05, 0) is 25.1 Å². The maximum atomic E-state index is 14.7. The summed E-state index contributed by atoms with van der Waals surface area (Å²) in [6.45, 7) is 4.09. The van der Waals surface area contributed by atoms with Gasteiger partial charge in [-0.1, -0.05) is 18.2 Å². The van der Waals surface area contributed by atoms with E-state index in [1.165, 1.54) is 11.0 Å². The maximum Gasteiger partial charge on any atom is 0.434 e. The van der Waals surface area contributed by atoms with Gasteiger partial charge >= 0.3 is 6.09 Å². The third-order valence-electron chi connectivity index (χ3n) is 5.44. The van der Waals surface area contributed by atoms with Crippen LogP contribution in [0.2, 0.25) is 0 Å². The standard InChI is InChI=1S/C22H23FN4O4/c1-15-3-2-4-19(24-15)16-5-6-17(18(23)13-16)14-25-9-11-26(12-10-25)22(30)31-27-20(28)7-8-21(27)29/h2-6,13H,7-12,14H2,1H3. The number of aromatic nitrogens is 1. The van der Waals surface area contributed by atoms with Gasteiger partial charge < -0.3 is 9.74 Å². The van der Waals surface area contributed by atoms with E-state index in [0.29, 0.717) is 43.4 Å². The summed E-state index contributed by atoms with van der Waals surface area (Å²) in [4.78, 5) is 48.3.